The zero-order chi connectivity index (χ0) is 11.7. The van der Waals surface area contributed by atoms with Crippen LogP contribution in [0.15, 0.2) is 59.5 Å². The van der Waals surface area contributed by atoms with Crippen molar-refractivity contribution in [2.24, 2.45) is 0 Å². The number of rotatable bonds is 1. The van der Waals surface area contributed by atoms with Crippen molar-refractivity contribution in [3.05, 3.63) is 65.7 Å². The quantitative estimate of drug-likeness (QED) is 0.755. The van der Waals surface area contributed by atoms with Gasteiger partial charge in [0.1, 0.15) is 0 Å². The molecule has 1 aliphatic heterocycles. The van der Waals surface area contributed by atoms with E-state index in [4.69, 9.17) is 0 Å². The summed E-state index contributed by atoms with van der Waals surface area (Å²) in [6.07, 6.45) is 0. The maximum atomic E-state index is 12.4. The molecule has 0 unspecified atom stereocenters. The lowest BCUT2D eigenvalue weighted by Gasteiger charge is -2.22. The number of carbonyl (C=O) groups is 1. The van der Waals surface area contributed by atoms with Gasteiger partial charge in [-0.1, -0.05) is 48.5 Å². The summed E-state index contributed by atoms with van der Waals surface area (Å²) < 4.78 is 0. The number of fused-ring (bicyclic) bond motifs is 1. The summed E-state index contributed by atoms with van der Waals surface area (Å²) in [4.78, 5) is 13.5. The minimum Gasteiger partial charge on any atom is -0.293 e. The van der Waals surface area contributed by atoms with Gasteiger partial charge in [0.2, 0.25) is 0 Å². The Hall–Kier alpha value is -1.54. The van der Waals surface area contributed by atoms with Gasteiger partial charge >= 0.3 is 0 Å². The fraction of sp³-hybridized carbons (Fsp3) is 0.133. The van der Waals surface area contributed by atoms with E-state index in [1.165, 1.54) is 0 Å². The van der Waals surface area contributed by atoms with Crippen LogP contribution in [0.1, 0.15) is 21.8 Å². The van der Waals surface area contributed by atoms with Gasteiger partial charge in [0.25, 0.3) is 0 Å². The van der Waals surface area contributed by atoms with Gasteiger partial charge in [-0.25, -0.2) is 0 Å². The summed E-state index contributed by atoms with van der Waals surface area (Å²) in [5, 5.41) is 0. The van der Waals surface area contributed by atoms with Gasteiger partial charge in [0.05, 0.1) is 5.92 Å². The van der Waals surface area contributed by atoms with Gasteiger partial charge in [-0.15, -0.1) is 11.8 Å². The molecule has 2 aromatic rings. The third-order valence-corrected chi connectivity index (χ3v) is 4.24. The summed E-state index contributed by atoms with van der Waals surface area (Å²) in [7, 11) is 0. The molecular formula is C15H12OS. The van der Waals surface area contributed by atoms with Gasteiger partial charge in [0.15, 0.2) is 5.78 Å². The van der Waals surface area contributed by atoms with Gasteiger partial charge < -0.3 is 0 Å². The van der Waals surface area contributed by atoms with E-state index in [-0.39, 0.29) is 11.7 Å². The van der Waals surface area contributed by atoms with Crippen LogP contribution < -0.4 is 0 Å². The molecule has 0 saturated carbocycles. The van der Waals surface area contributed by atoms with Crippen molar-refractivity contribution in [3.8, 4) is 0 Å². The Labute approximate surface area is 105 Å². The fourth-order valence-corrected chi connectivity index (χ4v) is 3.35. The number of carbonyl (C=O) groups excluding carboxylic acids is 1. The minimum atomic E-state index is 0.0103. The molecule has 0 bridgehead atoms. The second kappa shape index (κ2) is 4.38. The van der Waals surface area contributed by atoms with Crippen LogP contribution in [0.25, 0.3) is 0 Å². The van der Waals surface area contributed by atoms with E-state index in [0.717, 1.165) is 21.8 Å². The zero-order valence-corrected chi connectivity index (χ0v) is 10.1. The molecule has 2 aromatic carbocycles. The molecule has 17 heavy (non-hydrogen) atoms. The first-order valence-corrected chi connectivity index (χ1v) is 6.66. The number of ketones is 1. The van der Waals surface area contributed by atoms with Crippen molar-refractivity contribution in [1.29, 1.82) is 0 Å². The first-order valence-electron chi connectivity index (χ1n) is 5.67. The van der Waals surface area contributed by atoms with E-state index < -0.39 is 0 Å². The Morgan fingerprint density at radius 2 is 1.65 bits per heavy atom. The Kier molecular flexibility index (Phi) is 2.73. The molecule has 0 aliphatic carbocycles. The highest BCUT2D eigenvalue weighted by atomic mass is 32.2. The van der Waals surface area contributed by atoms with E-state index in [2.05, 4.69) is 0 Å². The molecule has 0 saturated heterocycles. The Balaban J connectivity index is 2.00. The standard InChI is InChI=1S/C15H12OS/c16-15-12-8-4-5-9-14(12)17-10-13(15)11-6-2-1-3-7-11/h1-9,13H,10H2/t13-/m1/s1. The van der Waals surface area contributed by atoms with Gasteiger partial charge in [0, 0.05) is 16.2 Å². The smallest absolute Gasteiger partial charge is 0.172 e. The van der Waals surface area contributed by atoms with Crippen LogP contribution in [-0.2, 0) is 0 Å². The summed E-state index contributed by atoms with van der Waals surface area (Å²) in [5.74, 6) is 1.11. The maximum absolute atomic E-state index is 12.4. The molecule has 0 radical (unpaired) electrons. The fourth-order valence-electron chi connectivity index (χ4n) is 2.17. The molecule has 0 amide bonds. The second-order valence-corrected chi connectivity index (χ2v) is 5.20. The summed E-state index contributed by atoms with van der Waals surface area (Å²) >= 11 is 1.77. The van der Waals surface area contributed by atoms with Crippen LogP contribution >= 0.6 is 11.8 Å². The van der Waals surface area contributed by atoms with E-state index in [1.807, 2.05) is 54.6 Å². The minimum absolute atomic E-state index is 0.0103. The summed E-state index contributed by atoms with van der Waals surface area (Å²) in [5.41, 5.74) is 2.00. The van der Waals surface area contributed by atoms with Crippen molar-refractivity contribution >= 4 is 17.5 Å². The Bertz CT molecular complexity index is 548. The zero-order valence-electron chi connectivity index (χ0n) is 9.30. The highest BCUT2D eigenvalue weighted by Gasteiger charge is 2.28. The molecular weight excluding hydrogens is 228 g/mol. The predicted octanol–water partition coefficient (Wildman–Crippen LogP) is 3.76. The molecule has 0 aromatic heterocycles. The third kappa shape index (κ3) is 1.89. The Morgan fingerprint density at radius 1 is 0.941 bits per heavy atom. The number of Topliss-reactive ketones (excluding diaryl/α,β-unsaturated/α-hetero) is 1. The van der Waals surface area contributed by atoms with E-state index in [0.29, 0.717) is 0 Å². The number of hydrogen-bond acceptors (Lipinski definition) is 2. The highest BCUT2D eigenvalue weighted by Crippen LogP contribution is 2.37. The van der Waals surface area contributed by atoms with Gasteiger partial charge in [-0.05, 0) is 11.6 Å². The van der Waals surface area contributed by atoms with Crippen LogP contribution in [0.4, 0.5) is 0 Å². The maximum Gasteiger partial charge on any atom is 0.172 e. The molecule has 1 aliphatic rings. The topological polar surface area (TPSA) is 17.1 Å². The third-order valence-electron chi connectivity index (χ3n) is 3.08. The number of thioether (sulfide) groups is 1. The van der Waals surface area contributed by atoms with Gasteiger partial charge in [-0.2, -0.15) is 0 Å². The molecule has 1 heterocycles. The molecule has 2 heteroatoms. The SMILES string of the molecule is O=C1c2ccccc2SC[C@@H]1c1ccccc1. The summed E-state index contributed by atoms with van der Waals surface area (Å²) in [6.45, 7) is 0. The number of benzene rings is 2. The lowest BCUT2D eigenvalue weighted by atomic mass is 9.92. The van der Waals surface area contributed by atoms with Crippen LogP contribution in [0.5, 0.6) is 0 Å². The molecule has 0 fully saturated rings. The molecule has 84 valence electrons. The summed E-state index contributed by atoms with van der Waals surface area (Å²) in [6, 6.07) is 17.9. The molecule has 0 N–H and O–H groups in total. The first-order chi connectivity index (χ1) is 8.36. The largest absolute Gasteiger partial charge is 0.293 e. The monoisotopic (exact) mass is 240 g/mol. The van der Waals surface area contributed by atoms with Crippen LogP contribution in [0.3, 0.4) is 0 Å². The Morgan fingerprint density at radius 3 is 2.47 bits per heavy atom. The second-order valence-electron chi connectivity index (χ2n) is 4.13. The molecule has 1 atom stereocenters. The van der Waals surface area contributed by atoms with Crippen molar-refractivity contribution in [2.75, 3.05) is 5.75 Å². The molecule has 0 spiro atoms. The molecule has 3 rings (SSSR count). The van der Waals surface area contributed by atoms with Crippen molar-refractivity contribution in [3.63, 3.8) is 0 Å². The van der Waals surface area contributed by atoms with E-state index in [9.17, 15) is 4.79 Å². The van der Waals surface area contributed by atoms with Crippen molar-refractivity contribution in [1.82, 2.24) is 0 Å². The van der Waals surface area contributed by atoms with Crippen molar-refractivity contribution in [2.45, 2.75) is 10.8 Å². The lowest BCUT2D eigenvalue weighted by Crippen LogP contribution is -2.20. The molecule has 1 nitrogen and oxygen atoms in total. The number of hydrogen-bond donors (Lipinski definition) is 0. The normalized spacial score (nSPS) is 18.8. The average Bonchev–Trinajstić information content (AvgIpc) is 2.40. The average molecular weight is 240 g/mol. The van der Waals surface area contributed by atoms with Crippen molar-refractivity contribution < 1.29 is 4.79 Å². The van der Waals surface area contributed by atoms with E-state index >= 15 is 0 Å². The predicted molar refractivity (Wildman–Crippen MR) is 70.7 cm³/mol. The van der Waals surface area contributed by atoms with Crippen LogP contribution in [0.2, 0.25) is 0 Å². The van der Waals surface area contributed by atoms with Crippen LogP contribution in [0, 0.1) is 0 Å². The first kappa shape index (κ1) is 10.6. The highest BCUT2D eigenvalue weighted by molar-refractivity contribution is 7.99. The van der Waals surface area contributed by atoms with E-state index in [1.54, 1.807) is 11.8 Å². The van der Waals surface area contributed by atoms with Gasteiger partial charge in [-0.3, -0.25) is 4.79 Å². The van der Waals surface area contributed by atoms with Crippen LogP contribution in [-0.4, -0.2) is 11.5 Å². The lowest BCUT2D eigenvalue weighted by molar-refractivity contribution is 0.0963.